The summed E-state index contributed by atoms with van der Waals surface area (Å²) in [6.07, 6.45) is 0. The summed E-state index contributed by atoms with van der Waals surface area (Å²) in [6, 6.07) is 104. The molecule has 0 radical (unpaired) electrons. The van der Waals surface area contributed by atoms with Crippen LogP contribution in [-0.2, 0) is 4.66 Å². The topological polar surface area (TPSA) is 6.48 Å². The molecule has 0 bridgehead atoms. The molecular formula is C75H64N2Si2. The maximum atomic E-state index is 2.63. The van der Waals surface area contributed by atoms with Gasteiger partial charge in [-0.05, 0) is 150 Å². The lowest BCUT2D eigenvalue weighted by Crippen LogP contribution is -2.63. The fourth-order valence-corrected chi connectivity index (χ4v) is 26.6. The molecule has 0 spiro atoms. The third-order valence-electron chi connectivity index (χ3n) is 16.7. The van der Waals surface area contributed by atoms with E-state index in [0.717, 1.165) is 34.1 Å². The van der Waals surface area contributed by atoms with Crippen LogP contribution in [0.4, 0.5) is 34.1 Å². The van der Waals surface area contributed by atoms with Gasteiger partial charge in [0.05, 0.1) is 27.5 Å². The Hall–Kier alpha value is -8.81. The average Bonchev–Trinajstić information content (AvgIpc) is 3.72. The molecular weight excluding hydrogens is 985 g/mol. The minimum absolute atomic E-state index is 0.0910. The summed E-state index contributed by atoms with van der Waals surface area (Å²) >= 11 is 0. The van der Waals surface area contributed by atoms with Gasteiger partial charge in [-0.3, -0.25) is 0 Å². The molecule has 12 aromatic carbocycles. The van der Waals surface area contributed by atoms with E-state index in [1.807, 2.05) is 0 Å². The van der Waals surface area contributed by atoms with Gasteiger partial charge in [0.1, 0.15) is 0 Å². The Morgan fingerprint density at radius 2 is 0.570 bits per heavy atom. The van der Waals surface area contributed by atoms with E-state index in [4.69, 9.17) is 0 Å². The van der Waals surface area contributed by atoms with E-state index in [0.29, 0.717) is 0 Å². The molecule has 0 fully saturated rings. The first-order chi connectivity index (χ1) is 38.4. The maximum Gasteiger partial charge on any atom is 0.0579 e. The molecule has 0 heterocycles. The third-order valence-corrected chi connectivity index (χ3v) is 26.8. The molecule has 1 aliphatic carbocycles. The van der Waals surface area contributed by atoms with E-state index in [2.05, 4.69) is 328 Å². The van der Waals surface area contributed by atoms with E-state index in [-0.39, 0.29) is 4.66 Å². The van der Waals surface area contributed by atoms with Gasteiger partial charge in [0, 0.05) is 38.5 Å². The lowest BCUT2D eigenvalue weighted by Gasteiger charge is -2.51. The number of hydrogen-bond donors (Lipinski definition) is 0. The largest absolute Gasteiger partial charge is 0.310 e. The zero-order valence-electron chi connectivity index (χ0n) is 46.0. The predicted molar refractivity (Wildman–Crippen MR) is 345 cm³/mol. The van der Waals surface area contributed by atoms with Gasteiger partial charge in [-0.1, -0.05) is 246 Å². The first-order valence-electron chi connectivity index (χ1n) is 27.8. The van der Waals surface area contributed by atoms with Crippen molar-refractivity contribution < 1.29 is 0 Å². The van der Waals surface area contributed by atoms with Crippen molar-refractivity contribution in [2.45, 2.75) is 43.9 Å². The smallest absolute Gasteiger partial charge is 0.0579 e. The minimum atomic E-state index is -2.09. The van der Waals surface area contributed by atoms with Gasteiger partial charge >= 0.3 is 0 Å². The summed E-state index contributed by atoms with van der Waals surface area (Å²) in [4.78, 5) is 4.95. The lowest BCUT2D eigenvalue weighted by molar-refractivity contribution is 0.956. The highest BCUT2D eigenvalue weighted by atomic mass is 28.4. The highest BCUT2D eigenvalue weighted by Gasteiger charge is 2.59. The number of hydrogen-bond acceptors (Lipinski definition) is 2. The van der Waals surface area contributed by atoms with Crippen LogP contribution in [0.25, 0.3) is 77.2 Å². The van der Waals surface area contributed by atoms with Crippen molar-refractivity contribution in [3.8, 4) is 55.6 Å². The summed E-state index contributed by atoms with van der Waals surface area (Å²) in [7, 11) is -4.19. The molecule has 12 aromatic rings. The fourth-order valence-electron chi connectivity index (χ4n) is 13.6. The predicted octanol–water partition coefficient (Wildman–Crippen LogP) is 21.6. The second-order valence-corrected chi connectivity index (χ2v) is 34.4. The van der Waals surface area contributed by atoms with Crippen molar-refractivity contribution in [3.63, 3.8) is 0 Å². The zero-order valence-corrected chi connectivity index (χ0v) is 48.0. The molecule has 0 amide bonds. The van der Waals surface area contributed by atoms with Crippen LogP contribution in [0, 0.1) is 0 Å². The second-order valence-electron chi connectivity index (χ2n) is 23.4. The van der Waals surface area contributed by atoms with Gasteiger partial charge < -0.3 is 9.80 Å². The number of nitrogens with zero attached hydrogens (tertiary/aromatic N) is 2. The highest BCUT2D eigenvalue weighted by molar-refractivity contribution is 6.99. The van der Waals surface area contributed by atoms with Gasteiger partial charge in [-0.2, -0.15) is 0 Å². The summed E-state index contributed by atoms with van der Waals surface area (Å²) < 4.78 is -0.0910. The molecule has 0 N–H and O–H groups in total. The van der Waals surface area contributed by atoms with Crippen LogP contribution in [0.1, 0.15) is 11.1 Å². The van der Waals surface area contributed by atoms with E-state index >= 15 is 0 Å². The summed E-state index contributed by atoms with van der Waals surface area (Å²) in [6.45, 7) is 15.8. The molecule has 2 nitrogen and oxygen atoms in total. The molecule has 0 unspecified atom stereocenters. The summed E-state index contributed by atoms with van der Waals surface area (Å²) in [5, 5.41) is 5.04. The Bertz CT molecular complexity index is 3910. The molecule has 0 saturated carbocycles. The van der Waals surface area contributed by atoms with E-state index in [1.165, 1.54) is 88.3 Å². The molecule has 4 heteroatoms. The van der Waals surface area contributed by atoms with Crippen molar-refractivity contribution in [2.24, 2.45) is 0 Å². The number of fused-ring (bicyclic) bond motifs is 5. The first-order valence-corrected chi connectivity index (χ1v) is 34.8. The van der Waals surface area contributed by atoms with Crippen molar-refractivity contribution in [2.75, 3.05) is 9.80 Å². The number of para-hydroxylation sites is 2. The summed E-state index contributed by atoms with van der Waals surface area (Å²) in [5.74, 6) is 0. The normalized spacial score (nSPS) is 12.8. The molecule has 0 saturated heterocycles. The molecule has 79 heavy (non-hydrogen) atoms. The number of rotatable bonds is 12. The van der Waals surface area contributed by atoms with Crippen molar-refractivity contribution >= 4 is 71.8 Å². The molecule has 382 valence electrons. The van der Waals surface area contributed by atoms with Crippen LogP contribution in [0.5, 0.6) is 0 Å². The van der Waals surface area contributed by atoms with Crippen molar-refractivity contribution in [1.29, 1.82) is 0 Å². The molecule has 0 atom stereocenters. The van der Waals surface area contributed by atoms with Gasteiger partial charge in [-0.15, -0.1) is 0 Å². The number of benzene rings is 12. The Labute approximate surface area is 468 Å². The Kier molecular flexibility index (Phi) is 12.5. The van der Waals surface area contributed by atoms with Crippen LogP contribution in [-0.4, -0.2) is 16.1 Å². The van der Waals surface area contributed by atoms with Crippen molar-refractivity contribution in [3.05, 3.63) is 290 Å². The first kappa shape index (κ1) is 49.7. The average molecular weight is 1050 g/mol. The minimum Gasteiger partial charge on any atom is -0.310 e. The maximum absolute atomic E-state index is 2.63. The lowest BCUT2D eigenvalue weighted by atomic mass is 9.95. The van der Waals surface area contributed by atoms with Gasteiger partial charge in [0.2, 0.25) is 0 Å². The van der Waals surface area contributed by atoms with Gasteiger partial charge in [0.25, 0.3) is 0 Å². The van der Waals surface area contributed by atoms with Crippen molar-refractivity contribution in [1.82, 2.24) is 0 Å². The monoisotopic (exact) mass is 1050 g/mol. The summed E-state index contributed by atoms with van der Waals surface area (Å²) in [5.41, 5.74) is 22.1. The van der Waals surface area contributed by atoms with Crippen LogP contribution < -0.4 is 9.80 Å². The van der Waals surface area contributed by atoms with Crippen LogP contribution in [0.3, 0.4) is 0 Å². The number of anilines is 6. The zero-order chi connectivity index (χ0) is 53.9. The third kappa shape index (κ3) is 8.73. The van der Waals surface area contributed by atoms with Crippen LogP contribution >= 0.6 is 0 Å². The fraction of sp³-hybridized carbons (Fsp3) is 0.0933. The van der Waals surface area contributed by atoms with Crippen LogP contribution in [0.15, 0.2) is 279 Å². The second kappa shape index (κ2) is 19.9. The standard InChI is InChI=1S/C75H64N2Si2/c1-78(2,3)75(79(4,5)6)71-49-61-45-65(76(63-33-21-11-22-34-63)73-51-59(53-25-13-7-14-26-53)39-43-67(73)55-29-17-9-18-30-55)41-37-57(61)47-69(71)70-48-58-38-42-66(46-62(58)50-72(70)75)77(64-35-23-12-24-36-64)74-52-60(54-27-15-8-16-28-54)40-44-68(74)56-31-19-10-20-32-56/h7-52H,1-6H3. The Morgan fingerprint density at radius 1 is 0.241 bits per heavy atom. The SMILES string of the molecule is C[Si](C)(C)C1([Si](C)(C)C)c2cc3cc(N(c4ccccc4)c4cc(-c5ccccc5)ccc4-c4ccccc4)ccc3cc2-c2cc3ccc(N(c4ccccc4)c4cc(-c5ccccc5)ccc4-c4ccccc4)cc3cc21. The van der Waals surface area contributed by atoms with E-state index in [9.17, 15) is 0 Å². The van der Waals surface area contributed by atoms with E-state index in [1.54, 1.807) is 0 Å². The quantitative estimate of drug-likeness (QED) is 0.113. The Morgan fingerprint density at radius 3 is 0.911 bits per heavy atom. The van der Waals surface area contributed by atoms with E-state index < -0.39 is 16.1 Å². The molecule has 1 aliphatic rings. The molecule has 0 aliphatic heterocycles. The van der Waals surface area contributed by atoms with Gasteiger partial charge in [-0.25, -0.2) is 0 Å². The highest BCUT2D eigenvalue weighted by Crippen LogP contribution is 2.60. The molecule has 13 rings (SSSR count). The molecule has 0 aromatic heterocycles. The van der Waals surface area contributed by atoms with Crippen LogP contribution in [0.2, 0.25) is 39.3 Å². The van der Waals surface area contributed by atoms with Gasteiger partial charge in [0.15, 0.2) is 0 Å². The Balaban J connectivity index is 0.997.